The molecule has 1 aromatic carbocycles. The number of carbonyl (C=O) groups is 1. The summed E-state index contributed by atoms with van der Waals surface area (Å²) in [6.07, 6.45) is 6.43. The van der Waals surface area contributed by atoms with Crippen molar-refractivity contribution >= 4 is 6.29 Å². The number of hydrogen-bond acceptors (Lipinski definition) is 3. The SMILES string of the molecule is CC(C=O)(CN1CCOC2CCCCC21)c1ccccc1. The smallest absolute Gasteiger partial charge is 0.131 e. The fraction of sp³-hybridized carbons (Fsp3) is 0.611. The Kier molecular flexibility index (Phi) is 4.41. The molecular formula is C18H25NO2. The molecule has 1 saturated carbocycles. The van der Waals surface area contributed by atoms with Gasteiger partial charge in [0.05, 0.1) is 18.1 Å². The van der Waals surface area contributed by atoms with Crippen LogP contribution in [0, 0.1) is 0 Å². The van der Waals surface area contributed by atoms with Gasteiger partial charge in [-0.1, -0.05) is 43.2 Å². The molecule has 3 heteroatoms. The summed E-state index contributed by atoms with van der Waals surface area (Å²) in [4.78, 5) is 14.3. The van der Waals surface area contributed by atoms with Crippen LogP contribution >= 0.6 is 0 Å². The van der Waals surface area contributed by atoms with Crippen molar-refractivity contribution in [3.8, 4) is 0 Å². The zero-order chi connectivity index (χ0) is 14.7. The molecule has 114 valence electrons. The van der Waals surface area contributed by atoms with Gasteiger partial charge < -0.3 is 9.53 Å². The van der Waals surface area contributed by atoms with E-state index < -0.39 is 5.41 Å². The third kappa shape index (κ3) is 3.04. The zero-order valence-electron chi connectivity index (χ0n) is 12.8. The van der Waals surface area contributed by atoms with Crippen molar-refractivity contribution in [1.29, 1.82) is 0 Å². The van der Waals surface area contributed by atoms with Gasteiger partial charge in [0.2, 0.25) is 0 Å². The minimum absolute atomic E-state index is 0.374. The monoisotopic (exact) mass is 287 g/mol. The largest absolute Gasteiger partial charge is 0.375 e. The van der Waals surface area contributed by atoms with Gasteiger partial charge in [-0.05, 0) is 25.3 Å². The van der Waals surface area contributed by atoms with Crippen molar-refractivity contribution in [3.63, 3.8) is 0 Å². The summed E-state index contributed by atoms with van der Waals surface area (Å²) < 4.78 is 5.94. The minimum atomic E-state index is -0.430. The summed E-state index contributed by atoms with van der Waals surface area (Å²) in [5, 5.41) is 0. The van der Waals surface area contributed by atoms with Gasteiger partial charge in [0.1, 0.15) is 6.29 Å². The van der Waals surface area contributed by atoms with E-state index >= 15 is 0 Å². The predicted molar refractivity (Wildman–Crippen MR) is 83.4 cm³/mol. The topological polar surface area (TPSA) is 29.5 Å². The molecule has 3 rings (SSSR count). The molecule has 0 bridgehead atoms. The molecule has 21 heavy (non-hydrogen) atoms. The minimum Gasteiger partial charge on any atom is -0.375 e. The number of nitrogens with zero attached hydrogens (tertiary/aromatic N) is 1. The van der Waals surface area contributed by atoms with E-state index in [2.05, 4.69) is 24.0 Å². The summed E-state index contributed by atoms with van der Waals surface area (Å²) in [6.45, 7) is 4.59. The molecule has 0 radical (unpaired) electrons. The van der Waals surface area contributed by atoms with Crippen LogP contribution in [0.1, 0.15) is 38.2 Å². The van der Waals surface area contributed by atoms with E-state index in [1.54, 1.807) is 0 Å². The molecule has 2 fully saturated rings. The van der Waals surface area contributed by atoms with Gasteiger partial charge in [0.15, 0.2) is 0 Å². The second kappa shape index (κ2) is 6.29. The average Bonchev–Trinajstić information content (AvgIpc) is 2.56. The van der Waals surface area contributed by atoms with Crippen molar-refractivity contribution in [2.45, 2.75) is 50.2 Å². The van der Waals surface area contributed by atoms with Crippen LogP contribution in [0.5, 0.6) is 0 Å². The van der Waals surface area contributed by atoms with Crippen LogP contribution in [0.25, 0.3) is 0 Å². The Morgan fingerprint density at radius 1 is 1.29 bits per heavy atom. The van der Waals surface area contributed by atoms with Gasteiger partial charge in [0, 0.05) is 19.1 Å². The fourth-order valence-electron chi connectivity index (χ4n) is 3.81. The fourth-order valence-corrected chi connectivity index (χ4v) is 3.81. The van der Waals surface area contributed by atoms with E-state index in [0.717, 1.165) is 31.5 Å². The van der Waals surface area contributed by atoms with Crippen molar-refractivity contribution in [3.05, 3.63) is 35.9 Å². The van der Waals surface area contributed by atoms with E-state index in [4.69, 9.17) is 4.74 Å². The molecule has 1 saturated heterocycles. The predicted octanol–water partition coefficient (Wildman–Crippen LogP) is 2.79. The van der Waals surface area contributed by atoms with Gasteiger partial charge in [-0.3, -0.25) is 4.90 Å². The Morgan fingerprint density at radius 3 is 2.81 bits per heavy atom. The molecule has 3 atom stereocenters. The maximum atomic E-state index is 11.8. The third-order valence-corrected chi connectivity index (χ3v) is 5.07. The highest BCUT2D eigenvalue weighted by Crippen LogP contribution is 2.31. The van der Waals surface area contributed by atoms with Gasteiger partial charge in [0.25, 0.3) is 0 Å². The second-order valence-corrected chi connectivity index (χ2v) is 6.63. The number of rotatable bonds is 4. The summed E-state index contributed by atoms with van der Waals surface area (Å²) >= 11 is 0. The Bertz CT molecular complexity index is 473. The van der Waals surface area contributed by atoms with Gasteiger partial charge in [-0.25, -0.2) is 0 Å². The Morgan fingerprint density at radius 2 is 2.05 bits per heavy atom. The van der Waals surface area contributed by atoms with Crippen molar-refractivity contribution < 1.29 is 9.53 Å². The number of benzene rings is 1. The van der Waals surface area contributed by atoms with E-state index in [0.29, 0.717) is 12.1 Å². The van der Waals surface area contributed by atoms with Crippen molar-refractivity contribution in [1.82, 2.24) is 4.90 Å². The van der Waals surface area contributed by atoms with Crippen LogP contribution in [-0.4, -0.2) is 43.0 Å². The van der Waals surface area contributed by atoms with Crippen LogP contribution in [0.4, 0.5) is 0 Å². The summed E-state index contributed by atoms with van der Waals surface area (Å²) in [5.74, 6) is 0. The maximum Gasteiger partial charge on any atom is 0.131 e. The van der Waals surface area contributed by atoms with Gasteiger partial charge >= 0.3 is 0 Å². The number of aldehydes is 1. The molecule has 0 N–H and O–H groups in total. The quantitative estimate of drug-likeness (QED) is 0.798. The number of fused-ring (bicyclic) bond motifs is 1. The molecular weight excluding hydrogens is 262 g/mol. The molecule has 1 aliphatic carbocycles. The van der Waals surface area contributed by atoms with E-state index in [1.165, 1.54) is 25.7 Å². The number of ether oxygens (including phenoxy) is 1. The highest BCUT2D eigenvalue weighted by Gasteiger charge is 2.38. The molecule has 0 aromatic heterocycles. The van der Waals surface area contributed by atoms with Gasteiger partial charge in [-0.15, -0.1) is 0 Å². The molecule has 3 unspecified atom stereocenters. The zero-order valence-corrected chi connectivity index (χ0v) is 12.8. The van der Waals surface area contributed by atoms with Crippen LogP contribution in [-0.2, 0) is 14.9 Å². The van der Waals surface area contributed by atoms with Crippen molar-refractivity contribution in [2.24, 2.45) is 0 Å². The normalized spacial score (nSPS) is 29.4. The number of hydrogen-bond donors (Lipinski definition) is 0. The Labute approximate surface area is 127 Å². The lowest BCUT2D eigenvalue weighted by Gasteiger charge is -2.46. The Balaban J connectivity index is 1.78. The van der Waals surface area contributed by atoms with Gasteiger partial charge in [-0.2, -0.15) is 0 Å². The molecule has 1 aromatic rings. The first kappa shape index (κ1) is 14.7. The highest BCUT2D eigenvalue weighted by molar-refractivity contribution is 5.68. The number of morpholine rings is 1. The van der Waals surface area contributed by atoms with Crippen LogP contribution in [0.15, 0.2) is 30.3 Å². The second-order valence-electron chi connectivity index (χ2n) is 6.63. The maximum absolute atomic E-state index is 11.8. The Hall–Kier alpha value is -1.19. The first-order valence-electron chi connectivity index (χ1n) is 8.10. The first-order valence-corrected chi connectivity index (χ1v) is 8.10. The van der Waals surface area contributed by atoms with Crippen molar-refractivity contribution in [2.75, 3.05) is 19.7 Å². The molecule has 2 aliphatic rings. The lowest BCUT2D eigenvalue weighted by atomic mass is 9.81. The third-order valence-electron chi connectivity index (χ3n) is 5.07. The standard InChI is InChI=1S/C18H25NO2/c1-18(14-20,15-7-3-2-4-8-15)13-19-11-12-21-17-10-6-5-9-16(17)19/h2-4,7-8,14,16-17H,5-6,9-13H2,1H3. The summed E-state index contributed by atoms with van der Waals surface area (Å²) in [7, 11) is 0. The molecule has 1 aliphatic heterocycles. The molecule has 1 heterocycles. The lowest BCUT2D eigenvalue weighted by molar-refractivity contribution is -0.117. The van der Waals surface area contributed by atoms with Crippen LogP contribution < -0.4 is 0 Å². The first-order chi connectivity index (χ1) is 10.2. The van der Waals surface area contributed by atoms with E-state index in [9.17, 15) is 4.79 Å². The van der Waals surface area contributed by atoms with Crippen LogP contribution in [0.3, 0.4) is 0 Å². The lowest BCUT2D eigenvalue weighted by Crippen LogP contribution is -2.56. The summed E-state index contributed by atoms with van der Waals surface area (Å²) in [6, 6.07) is 10.6. The van der Waals surface area contributed by atoms with Crippen LogP contribution in [0.2, 0.25) is 0 Å². The average molecular weight is 287 g/mol. The number of carbonyl (C=O) groups excluding carboxylic acids is 1. The molecule has 0 amide bonds. The van der Waals surface area contributed by atoms with E-state index in [-0.39, 0.29) is 0 Å². The van der Waals surface area contributed by atoms with E-state index in [1.807, 2.05) is 18.2 Å². The highest BCUT2D eigenvalue weighted by atomic mass is 16.5. The summed E-state index contributed by atoms with van der Waals surface area (Å²) in [5.41, 5.74) is 0.680. The molecule has 0 spiro atoms. The molecule has 3 nitrogen and oxygen atoms in total.